The Morgan fingerprint density at radius 1 is 1.21 bits per heavy atom. The number of rotatable bonds is 5. The van der Waals surface area contributed by atoms with E-state index in [9.17, 15) is 9.59 Å². The predicted molar refractivity (Wildman–Crippen MR) is 77.1 cm³/mol. The summed E-state index contributed by atoms with van der Waals surface area (Å²) in [4.78, 5) is 22.9. The molecular weight excluding hydrogens is 240 g/mol. The molecule has 19 heavy (non-hydrogen) atoms. The van der Waals surface area contributed by atoms with Crippen LogP contribution in [0.15, 0.2) is 24.3 Å². The van der Waals surface area contributed by atoms with E-state index in [1.807, 2.05) is 24.3 Å². The Balaban J connectivity index is 2.82. The molecule has 0 radical (unpaired) electrons. The van der Waals surface area contributed by atoms with Crippen LogP contribution in [0, 0.1) is 0 Å². The van der Waals surface area contributed by atoms with Crippen LogP contribution in [0.2, 0.25) is 0 Å². The quantitative estimate of drug-likeness (QED) is 0.857. The Bertz CT molecular complexity index is 457. The van der Waals surface area contributed by atoms with Crippen molar-refractivity contribution in [2.75, 3.05) is 5.32 Å². The highest BCUT2D eigenvalue weighted by Gasteiger charge is 2.16. The van der Waals surface area contributed by atoms with E-state index in [0.29, 0.717) is 5.92 Å². The summed E-state index contributed by atoms with van der Waals surface area (Å²) >= 11 is 0. The molecule has 0 saturated carbocycles. The van der Waals surface area contributed by atoms with Gasteiger partial charge in [-0.2, -0.15) is 0 Å². The maximum absolute atomic E-state index is 12.0. The van der Waals surface area contributed by atoms with E-state index in [1.165, 1.54) is 6.92 Å². The van der Waals surface area contributed by atoms with Crippen LogP contribution < -0.4 is 10.6 Å². The fourth-order valence-electron chi connectivity index (χ4n) is 1.87. The van der Waals surface area contributed by atoms with Crippen LogP contribution >= 0.6 is 0 Å². The third-order valence-electron chi connectivity index (χ3n) is 3.18. The van der Waals surface area contributed by atoms with Gasteiger partial charge in [-0.25, -0.2) is 0 Å². The fourth-order valence-corrected chi connectivity index (χ4v) is 1.87. The Morgan fingerprint density at radius 3 is 2.42 bits per heavy atom. The summed E-state index contributed by atoms with van der Waals surface area (Å²) in [6.07, 6.45) is 1.01. The molecule has 104 valence electrons. The monoisotopic (exact) mass is 262 g/mol. The smallest absolute Gasteiger partial charge is 0.246 e. The van der Waals surface area contributed by atoms with Gasteiger partial charge < -0.3 is 10.6 Å². The molecule has 1 aromatic carbocycles. The highest BCUT2D eigenvalue weighted by molar-refractivity contribution is 5.97. The van der Waals surface area contributed by atoms with Gasteiger partial charge in [0.1, 0.15) is 6.04 Å². The van der Waals surface area contributed by atoms with E-state index in [1.54, 1.807) is 6.92 Å². The van der Waals surface area contributed by atoms with Crippen molar-refractivity contribution >= 4 is 17.5 Å². The third-order valence-corrected chi connectivity index (χ3v) is 3.18. The van der Waals surface area contributed by atoms with Crippen LogP contribution in [0.3, 0.4) is 0 Å². The summed E-state index contributed by atoms with van der Waals surface area (Å²) in [6, 6.07) is 7.23. The van der Waals surface area contributed by atoms with Gasteiger partial charge in [0, 0.05) is 12.6 Å². The molecule has 4 heteroatoms. The molecule has 0 aliphatic rings. The van der Waals surface area contributed by atoms with Crippen molar-refractivity contribution < 1.29 is 9.59 Å². The van der Waals surface area contributed by atoms with Gasteiger partial charge in [0.25, 0.3) is 0 Å². The van der Waals surface area contributed by atoms with Gasteiger partial charge in [0.15, 0.2) is 0 Å². The lowest BCUT2D eigenvalue weighted by Crippen LogP contribution is -2.40. The first-order valence-electron chi connectivity index (χ1n) is 6.62. The fraction of sp³-hybridized carbons (Fsp3) is 0.467. The molecule has 2 atom stereocenters. The minimum Gasteiger partial charge on any atom is -0.345 e. The van der Waals surface area contributed by atoms with Gasteiger partial charge in [0.05, 0.1) is 0 Å². The van der Waals surface area contributed by atoms with Crippen LogP contribution in [-0.4, -0.2) is 17.9 Å². The van der Waals surface area contributed by atoms with Crippen LogP contribution in [0.4, 0.5) is 5.69 Å². The first kappa shape index (κ1) is 15.2. The van der Waals surface area contributed by atoms with Crippen LogP contribution in [-0.2, 0) is 9.59 Å². The molecule has 0 aromatic heterocycles. The van der Waals surface area contributed by atoms with Crippen LogP contribution in [0.25, 0.3) is 0 Å². The molecule has 1 rings (SSSR count). The standard InChI is InChI=1S/C15H22N2O2/c1-5-10(2)13-8-6-7-9-14(13)17-15(19)11(3)16-12(4)18/h6-11H,5H2,1-4H3,(H,16,18)(H,17,19)/t10-,11+/m1/s1. The van der Waals surface area contributed by atoms with E-state index in [0.717, 1.165) is 17.7 Å². The second-order valence-electron chi connectivity index (χ2n) is 4.81. The van der Waals surface area contributed by atoms with Crippen molar-refractivity contribution in [1.29, 1.82) is 0 Å². The zero-order valence-corrected chi connectivity index (χ0v) is 12.0. The summed E-state index contributed by atoms with van der Waals surface area (Å²) in [7, 11) is 0. The molecule has 0 aliphatic heterocycles. The molecule has 0 bridgehead atoms. The average Bonchev–Trinajstić information content (AvgIpc) is 2.37. The normalized spacial score (nSPS) is 13.5. The van der Waals surface area contributed by atoms with Crippen molar-refractivity contribution in [2.45, 2.75) is 46.1 Å². The van der Waals surface area contributed by atoms with Gasteiger partial charge in [-0.1, -0.05) is 32.0 Å². The minimum absolute atomic E-state index is 0.203. The lowest BCUT2D eigenvalue weighted by molar-refractivity contribution is -0.124. The first-order chi connectivity index (χ1) is 8.95. The number of carbonyl (C=O) groups is 2. The molecular formula is C15H22N2O2. The van der Waals surface area contributed by atoms with Gasteiger partial charge in [0.2, 0.25) is 11.8 Å². The van der Waals surface area contributed by atoms with E-state index in [2.05, 4.69) is 24.5 Å². The van der Waals surface area contributed by atoms with E-state index >= 15 is 0 Å². The maximum atomic E-state index is 12.0. The largest absolute Gasteiger partial charge is 0.345 e. The third kappa shape index (κ3) is 4.39. The van der Waals surface area contributed by atoms with Crippen LogP contribution in [0.5, 0.6) is 0 Å². The predicted octanol–water partition coefficient (Wildman–Crippen LogP) is 2.66. The summed E-state index contributed by atoms with van der Waals surface area (Å²) in [6.45, 7) is 7.31. The average molecular weight is 262 g/mol. The van der Waals surface area contributed by atoms with Gasteiger partial charge >= 0.3 is 0 Å². The zero-order valence-electron chi connectivity index (χ0n) is 12.0. The lowest BCUT2D eigenvalue weighted by atomic mass is 9.97. The van der Waals surface area contributed by atoms with Crippen molar-refractivity contribution in [1.82, 2.24) is 5.32 Å². The molecule has 0 spiro atoms. The summed E-state index contributed by atoms with van der Waals surface area (Å²) < 4.78 is 0. The van der Waals surface area contributed by atoms with Gasteiger partial charge in [-0.15, -0.1) is 0 Å². The molecule has 0 fully saturated rings. The number of carbonyl (C=O) groups excluding carboxylic acids is 2. The van der Waals surface area contributed by atoms with E-state index in [4.69, 9.17) is 0 Å². The molecule has 0 saturated heterocycles. The highest BCUT2D eigenvalue weighted by Crippen LogP contribution is 2.26. The number of nitrogens with one attached hydrogen (secondary N) is 2. The molecule has 1 aromatic rings. The number of hydrogen-bond donors (Lipinski definition) is 2. The maximum Gasteiger partial charge on any atom is 0.246 e. The van der Waals surface area contributed by atoms with E-state index < -0.39 is 6.04 Å². The molecule has 2 N–H and O–H groups in total. The second kappa shape index (κ2) is 6.92. The second-order valence-corrected chi connectivity index (χ2v) is 4.81. The van der Waals surface area contributed by atoms with Crippen LogP contribution in [0.1, 0.15) is 45.6 Å². The molecule has 0 unspecified atom stereocenters. The molecule has 0 heterocycles. The van der Waals surface area contributed by atoms with Crippen molar-refractivity contribution in [3.8, 4) is 0 Å². The van der Waals surface area contributed by atoms with Gasteiger partial charge in [-0.05, 0) is 30.9 Å². The van der Waals surface area contributed by atoms with Crippen molar-refractivity contribution in [2.24, 2.45) is 0 Å². The Hall–Kier alpha value is -1.84. The lowest BCUT2D eigenvalue weighted by Gasteiger charge is -2.18. The number of benzene rings is 1. The highest BCUT2D eigenvalue weighted by atomic mass is 16.2. The SMILES string of the molecule is CC[C@@H](C)c1ccccc1NC(=O)[C@H](C)NC(C)=O. The minimum atomic E-state index is -0.539. The topological polar surface area (TPSA) is 58.2 Å². The number of anilines is 1. The summed E-state index contributed by atoms with van der Waals surface area (Å²) in [5.74, 6) is -0.0311. The first-order valence-corrected chi connectivity index (χ1v) is 6.62. The molecule has 0 aliphatic carbocycles. The van der Waals surface area contributed by atoms with E-state index in [-0.39, 0.29) is 11.8 Å². The number of amides is 2. The van der Waals surface area contributed by atoms with Crippen molar-refractivity contribution in [3.63, 3.8) is 0 Å². The summed E-state index contributed by atoms with van der Waals surface area (Å²) in [5.41, 5.74) is 1.94. The number of hydrogen-bond acceptors (Lipinski definition) is 2. The Labute approximate surface area is 114 Å². The molecule has 4 nitrogen and oxygen atoms in total. The number of para-hydroxylation sites is 1. The Kier molecular flexibility index (Phi) is 5.55. The molecule has 2 amide bonds. The van der Waals surface area contributed by atoms with Gasteiger partial charge in [-0.3, -0.25) is 9.59 Å². The van der Waals surface area contributed by atoms with Crippen molar-refractivity contribution in [3.05, 3.63) is 29.8 Å². The zero-order chi connectivity index (χ0) is 14.4. The summed E-state index contributed by atoms with van der Waals surface area (Å²) in [5, 5.41) is 5.45. The Morgan fingerprint density at radius 2 is 1.84 bits per heavy atom.